The molecule has 1 aliphatic rings. The molecule has 2 heterocycles. The molecule has 0 radical (unpaired) electrons. The molecule has 3 N–H and O–H groups in total. The number of likely N-dealkylation sites (tertiary alicyclic amines) is 1. The lowest BCUT2D eigenvalue weighted by atomic mass is 10.1. The third kappa shape index (κ3) is 4.46. The van der Waals surface area contributed by atoms with Crippen molar-refractivity contribution in [1.29, 1.82) is 0 Å². The minimum atomic E-state index is 0.144. The quantitative estimate of drug-likeness (QED) is 0.831. The molecule has 6 nitrogen and oxygen atoms in total. The van der Waals surface area contributed by atoms with Crippen LogP contribution in [0.15, 0.2) is 12.3 Å². The number of carbonyl (C=O) groups excluding carboxylic acids is 1. The Hall–Kier alpha value is -1.56. The highest BCUT2D eigenvalue weighted by Gasteiger charge is 2.22. The van der Waals surface area contributed by atoms with Crippen molar-refractivity contribution in [3.05, 3.63) is 12.3 Å². The van der Waals surface area contributed by atoms with Gasteiger partial charge in [0.15, 0.2) is 0 Å². The molecule has 2 rings (SSSR count). The van der Waals surface area contributed by atoms with E-state index in [0.29, 0.717) is 24.4 Å². The van der Waals surface area contributed by atoms with Crippen LogP contribution in [-0.2, 0) is 4.79 Å². The van der Waals surface area contributed by atoms with Gasteiger partial charge in [-0.05, 0) is 31.7 Å². The second-order valence-corrected chi connectivity index (χ2v) is 5.81. The molecule has 1 aromatic rings. The van der Waals surface area contributed by atoms with E-state index in [9.17, 15) is 4.79 Å². The van der Waals surface area contributed by atoms with Crippen molar-refractivity contribution in [1.82, 2.24) is 20.0 Å². The molecule has 0 unspecified atom stereocenters. The van der Waals surface area contributed by atoms with Gasteiger partial charge in [0.05, 0.1) is 12.6 Å². The Morgan fingerprint density at radius 2 is 2.10 bits per heavy atom. The predicted octanol–water partition coefficient (Wildman–Crippen LogP) is 1.41. The van der Waals surface area contributed by atoms with Gasteiger partial charge < -0.3 is 11.1 Å². The molecule has 0 spiro atoms. The van der Waals surface area contributed by atoms with Crippen molar-refractivity contribution < 1.29 is 4.79 Å². The van der Waals surface area contributed by atoms with Crippen LogP contribution in [0, 0.1) is 0 Å². The molecule has 21 heavy (non-hydrogen) atoms. The number of hydrogen-bond donors (Lipinski definition) is 2. The van der Waals surface area contributed by atoms with Gasteiger partial charge >= 0.3 is 0 Å². The number of carbonyl (C=O) groups is 1. The van der Waals surface area contributed by atoms with Gasteiger partial charge in [-0.1, -0.05) is 13.8 Å². The van der Waals surface area contributed by atoms with E-state index in [1.54, 1.807) is 0 Å². The maximum atomic E-state index is 12.0. The molecular weight excluding hydrogens is 266 g/mol. The summed E-state index contributed by atoms with van der Waals surface area (Å²) < 4.78 is 1.96. The van der Waals surface area contributed by atoms with Gasteiger partial charge in [0.2, 0.25) is 5.91 Å². The second kappa shape index (κ2) is 7.45. The Morgan fingerprint density at radius 3 is 2.62 bits per heavy atom. The summed E-state index contributed by atoms with van der Waals surface area (Å²) in [7, 11) is 0. The summed E-state index contributed by atoms with van der Waals surface area (Å²) in [6.07, 6.45) is 5.95. The number of hydrogen-bond acceptors (Lipinski definition) is 4. The minimum absolute atomic E-state index is 0.144. The maximum Gasteiger partial charge on any atom is 0.234 e. The van der Waals surface area contributed by atoms with Crippen LogP contribution in [0.25, 0.3) is 0 Å². The number of amides is 1. The lowest BCUT2D eigenvalue weighted by Gasteiger charge is -2.31. The highest BCUT2D eigenvalue weighted by Crippen LogP contribution is 2.22. The van der Waals surface area contributed by atoms with E-state index < -0.39 is 0 Å². The normalized spacial score (nSPS) is 17.3. The molecule has 0 aromatic carbocycles. The van der Waals surface area contributed by atoms with Crippen molar-refractivity contribution in [3.8, 4) is 0 Å². The fraction of sp³-hybridized carbons (Fsp3) is 0.733. The molecule has 118 valence electrons. The third-order valence-electron chi connectivity index (χ3n) is 4.28. The Labute approximate surface area is 126 Å². The van der Waals surface area contributed by atoms with E-state index in [4.69, 9.17) is 5.73 Å². The Kier molecular flexibility index (Phi) is 5.61. The Balaban J connectivity index is 1.75. The molecule has 1 aromatic heterocycles. The fourth-order valence-corrected chi connectivity index (χ4v) is 2.87. The second-order valence-electron chi connectivity index (χ2n) is 5.81. The topological polar surface area (TPSA) is 76.2 Å². The van der Waals surface area contributed by atoms with Crippen LogP contribution in [0.3, 0.4) is 0 Å². The summed E-state index contributed by atoms with van der Waals surface area (Å²) in [6.45, 7) is 6.58. The zero-order valence-corrected chi connectivity index (χ0v) is 13.1. The molecule has 0 atom stereocenters. The summed E-state index contributed by atoms with van der Waals surface area (Å²) in [4.78, 5) is 14.2. The van der Waals surface area contributed by atoms with E-state index >= 15 is 0 Å². The largest absolute Gasteiger partial charge is 0.382 e. The van der Waals surface area contributed by atoms with Crippen LogP contribution in [0.4, 0.5) is 5.82 Å². The van der Waals surface area contributed by atoms with Crippen LogP contribution in [0.2, 0.25) is 0 Å². The number of nitrogens with one attached hydrogen (secondary N) is 1. The van der Waals surface area contributed by atoms with Crippen LogP contribution in [0.1, 0.15) is 45.6 Å². The first-order chi connectivity index (χ1) is 10.1. The number of rotatable bonds is 6. The first-order valence-corrected chi connectivity index (χ1v) is 7.94. The van der Waals surface area contributed by atoms with Gasteiger partial charge in [0.1, 0.15) is 5.82 Å². The first kappa shape index (κ1) is 15.8. The molecule has 0 saturated carbocycles. The first-order valence-electron chi connectivity index (χ1n) is 7.94. The zero-order valence-electron chi connectivity index (χ0n) is 13.1. The summed E-state index contributed by atoms with van der Waals surface area (Å²) >= 11 is 0. The van der Waals surface area contributed by atoms with Gasteiger partial charge in [0, 0.05) is 25.3 Å². The standard InChI is InChI=1S/C15H27N5O/c1-3-12(4-2)17-15(21)11-19-8-5-13(6-9-19)20-10-7-14(16)18-20/h7,10,12-13H,3-6,8-9,11H2,1-2H3,(H2,16,18)(H,17,21). The smallest absolute Gasteiger partial charge is 0.234 e. The van der Waals surface area contributed by atoms with Crippen molar-refractivity contribution in [2.45, 2.75) is 51.6 Å². The Morgan fingerprint density at radius 1 is 1.43 bits per heavy atom. The molecular formula is C15H27N5O. The number of piperidine rings is 1. The van der Waals surface area contributed by atoms with Gasteiger partial charge in [-0.15, -0.1) is 0 Å². The van der Waals surface area contributed by atoms with E-state index in [1.165, 1.54) is 0 Å². The molecule has 1 amide bonds. The highest BCUT2D eigenvalue weighted by atomic mass is 16.2. The van der Waals surface area contributed by atoms with Crippen LogP contribution in [0.5, 0.6) is 0 Å². The number of nitrogens with zero attached hydrogens (tertiary/aromatic N) is 3. The van der Waals surface area contributed by atoms with E-state index in [2.05, 4.69) is 29.2 Å². The maximum absolute atomic E-state index is 12.0. The van der Waals surface area contributed by atoms with E-state index in [0.717, 1.165) is 38.8 Å². The van der Waals surface area contributed by atoms with Crippen molar-refractivity contribution in [3.63, 3.8) is 0 Å². The van der Waals surface area contributed by atoms with Crippen molar-refractivity contribution >= 4 is 11.7 Å². The van der Waals surface area contributed by atoms with Gasteiger partial charge in [-0.3, -0.25) is 14.4 Å². The lowest BCUT2D eigenvalue weighted by Crippen LogP contribution is -2.44. The molecule has 1 aliphatic heterocycles. The van der Waals surface area contributed by atoms with Crippen LogP contribution in [-0.4, -0.2) is 46.3 Å². The summed E-state index contributed by atoms with van der Waals surface area (Å²) in [5, 5.41) is 7.37. The average molecular weight is 293 g/mol. The number of anilines is 1. The molecule has 0 aliphatic carbocycles. The number of aromatic nitrogens is 2. The SMILES string of the molecule is CCC(CC)NC(=O)CN1CCC(n2ccc(N)n2)CC1. The molecule has 0 bridgehead atoms. The van der Waals surface area contributed by atoms with Gasteiger partial charge in [0.25, 0.3) is 0 Å². The van der Waals surface area contributed by atoms with E-state index in [1.807, 2.05) is 16.9 Å². The average Bonchev–Trinajstić information content (AvgIpc) is 2.92. The summed E-state index contributed by atoms with van der Waals surface area (Å²) in [6, 6.07) is 2.54. The molecule has 6 heteroatoms. The zero-order chi connectivity index (χ0) is 15.2. The van der Waals surface area contributed by atoms with Gasteiger partial charge in [-0.2, -0.15) is 5.10 Å². The number of nitrogen functional groups attached to an aromatic ring is 1. The fourth-order valence-electron chi connectivity index (χ4n) is 2.87. The summed E-state index contributed by atoms with van der Waals surface area (Å²) in [5.74, 6) is 0.715. The minimum Gasteiger partial charge on any atom is -0.382 e. The number of nitrogens with two attached hydrogens (primary N) is 1. The van der Waals surface area contributed by atoms with Crippen LogP contribution < -0.4 is 11.1 Å². The van der Waals surface area contributed by atoms with Crippen LogP contribution >= 0.6 is 0 Å². The van der Waals surface area contributed by atoms with E-state index in [-0.39, 0.29) is 5.91 Å². The predicted molar refractivity (Wildman–Crippen MR) is 83.9 cm³/mol. The van der Waals surface area contributed by atoms with Crippen molar-refractivity contribution in [2.75, 3.05) is 25.4 Å². The third-order valence-corrected chi connectivity index (χ3v) is 4.28. The summed E-state index contributed by atoms with van der Waals surface area (Å²) in [5.41, 5.74) is 5.66. The highest BCUT2D eigenvalue weighted by molar-refractivity contribution is 5.78. The lowest BCUT2D eigenvalue weighted by molar-refractivity contribution is -0.123. The molecule has 1 fully saturated rings. The Bertz CT molecular complexity index is 447. The van der Waals surface area contributed by atoms with Gasteiger partial charge in [-0.25, -0.2) is 0 Å². The monoisotopic (exact) mass is 293 g/mol. The van der Waals surface area contributed by atoms with Crippen molar-refractivity contribution in [2.24, 2.45) is 0 Å². The molecule has 1 saturated heterocycles.